The molecule has 1 aliphatic carbocycles. The van der Waals surface area contributed by atoms with Gasteiger partial charge in [0.1, 0.15) is 0 Å². The Bertz CT molecular complexity index is 393. The Morgan fingerprint density at radius 3 is 2.83 bits per heavy atom. The summed E-state index contributed by atoms with van der Waals surface area (Å²) in [6.07, 6.45) is 6.17. The van der Waals surface area contributed by atoms with E-state index in [1.165, 1.54) is 19.3 Å². The molecule has 1 N–H and O–H groups in total. The van der Waals surface area contributed by atoms with Crippen molar-refractivity contribution in [2.75, 3.05) is 19.8 Å². The zero-order valence-corrected chi connectivity index (χ0v) is 10.9. The van der Waals surface area contributed by atoms with Crippen LogP contribution < -0.4 is 5.32 Å². The van der Waals surface area contributed by atoms with Crippen LogP contribution in [0.3, 0.4) is 0 Å². The summed E-state index contributed by atoms with van der Waals surface area (Å²) >= 11 is 0. The quantitative estimate of drug-likeness (QED) is 0.870. The van der Waals surface area contributed by atoms with Crippen molar-refractivity contribution in [3.63, 3.8) is 0 Å². The Kier molecular flexibility index (Phi) is 3.35. The highest BCUT2D eigenvalue weighted by Gasteiger charge is 2.35. The van der Waals surface area contributed by atoms with Gasteiger partial charge in [0.05, 0.1) is 19.3 Å². The van der Waals surface area contributed by atoms with Crippen molar-refractivity contribution in [2.24, 2.45) is 0 Å². The molecule has 3 rings (SSSR count). The van der Waals surface area contributed by atoms with E-state index in [0.29, 0.717) is 6.61 Å². The third kappa shape index (κ3) is 2.29. The minimum atomic E-state index is 0.0824. The lowest BCUT2D eigenvalue weighted by molar-refractivity contribution is 0.0734. The number of rotatable bonds is 2. The van der Waals surface area contributed by atoms with Gasteiger partial charge in [-0.25, -0.2) is 0 Å². The standard InChI is InChI=1S/C13H21N3O2/c1-13(5-3-2-4-6-13)12-15-11(16-18-12)10-9-17-8-7-14-10/h10,14H,2-9H2,1H3. The van der Waals surface area contributed by atoms with E-state index in [-0.39, 0.29) is 11.5 Å². The largest absolute Gasteiger partial charge is 0.378 e. The van der Waals surface area contributed by atoms with Crippen molar-refractivity contribution in [3.8, 4) is 0 Å². The molecule has 18 heavy (non-hydrogen) atoms. The summed E-state index contributed by atoms with van der Waals surface area (Å²) in [7, 11) is 0. The van der Waals surface area contributed by atoms with E-state index in [1.807, 2.05) is 0 Å². The molecule has 1 saturated carbocycles. The molecule has 100 valence electrons. The molecule has 1 atom stereocenters. The van der Waals surface area contributed by atoms with E-state index in [2.05, 4.69) is 22.4 Å². The lowest BCUT2D eigenvalue weighted by Gasteiger charge is -2.29. The number of nitrogens with zero attached hydrogens (tertiary/aromatic N) is 2. The summed E-state index contributed by atoms with van der Waals surface area (Å²) in [5.74, 6) is 1.56. The molecule has 0 radical (unpaired) electrons. The summed E-state index contributed by atoms with van der Waals surface area (Å²) in [6.45, 7) is 4.49. The van der Waals surface area contributed by atoms with E-state index >= 15 is 0 Å². The molecule has 1 aromatic rings. The molecule has 2 heterocycles. The second-order valence-corrected chi connectivity index (χ2v) is 5.66. The molecule has 5 heteroatoms. The average molecular weight is 251 g/mol. The van der Waals surface area contributed by atoms with Crippen LogP contribution in [0.15, 0.2) is 4.52 Å². The normalized spacial score (nSPS) is 28.2. The van der Waals surface area contributed by atoms with Gasteiger partial charge in [0, 0.05) is 12.0 Å². The molecule has 1 unspecified atom stereocenters. The Balaban J connectivity index is 1.75. The van der Waals surface area contributed by atoms with E-state index in [9.17, 15) is 0 Å². The highest BCUT2D eigenvalue weighted by atomic mass is 16.5. The number of ether oxygens (including phenoxy) is 1. The monoisotopic (exact) mass is 251 g/mol. The molecule has 1 aliphatic heterocycles. The fraction of sp³-hybridized carbons (Fsp3) is 0.846. The molecule has 5 nitrogen and oxygen atoms in total. The molecule has 2 fully saturated rings. The predicted octanol–water partition coefficient (Wildman–Crippen LogP) is 1.95. The topological polar surface area (TPSA) is 60.2 Å². The SMILES string of the molecule is CC1(c2nc(C3COCCN3)no2)CCCCC1. The highest BCUT2D eigenvalue weighted by molar-refractivity contribution is 5.06. The summed E-state index contributed by atoms with van der Waals surface area (Å²) in [6, 6.07) is 0.0865. The van der Waals surface area contributed by atoms with Gasteiger partial charge in [0.2, 0.25) is 5.89 Å². The van der Waals surface area contributed by atoms with Crippen molar-refractivity contribution >= 4 is 0 Å². The molecule has 2 aliphatic rings. The van der Waals surface area contributed by atoms with E-state index in [4.69, 9.17) is 9.26 Å². The van der Waals surface area contributed by atoms with Gasteiger partial charge in [-0.05, 0) is 12.8 Å². The highest BCUT2D eigenvalue weighted by Crippen LogP contribution is 2.38. The Morgan fingerprint density at radius 1 is 1.28 bits per heavy atom. The van der Waals surface area contributed by atoms with Crippen LogP contribution in [-0.4, -0.2) is 29.9 Å². The molecule has 1 aromatic heterocycles. The lowest BCUT2D eigenvalue weighted by atomic mass is 9.75. The minimum absolute atomic E-state index is 0.0824. The molecular formula is C13H21N3O2. The minimum Gasteiger partial charge on any atom is -0.378 e. The van der Waals surface area contributed by atoms with Crippen LogP contribution in [0.2, 0.25) is 0 Å². The zero-order valence-electron chi connectivity index (χ0n) is 10.9. The van der Waals surface area contributed by atoms with Gasteiger partial charge < -0.3 is 14.6 Å². The van der Waals surface area contributed by atoms with Gasteiger partial charge in [0.15, 0.2) is 5.82 Å². The maximum atomic E-state index is 5.50. The van der Waals surface area contributed by atoms with Crippen molar-refractivity contribution in [2.45, 2.75) is 50.5 Å². The Labute approximate surface area is 107 Å². The smallest absolute Gasteiger partial charge is 0.232 e. The zero-order chi connectivity index (χ0) is 12.4. The first kappa shape index (κ1) is 12.1. The fourth-order valence-corrected chi connectivity index (χ4v) is 2.90. The second kappa shape index (κ2) is 4.97. The number of aromatic nitrogens is 2. The van der Waals surface area contributed by atoms with Gasteiger partial charge in [-0.1, -0.05) is 31.3 Å². The third-order valence-electron chi connectivity index (χ3n) is 4.15. The lowest BCUT2D eigenvalue weighted by Crippen LogP contribution is -2.35. The fourth-order valence-electron chi connectivity index (χ4n) is 2.90. The molecule has 0 bridgehead atoms. The van der Waals surface area contributed by atoms with Crippen molar-refractivity contribution < 1.29 is 9.26 Å². The van der Waals surface area contributed by atoms with Crippen molar-refractivity contribution in [1.82, 2.24) is 15.5 Å². The first-order valence-electron chi connectivity index (χ1n) is 6.93. The molecule has 0 spiro atoms. The molecule has 1 saturated heterocycles. The summed E-state index contributed by atoms with van der Waals surface area (Å²) in [4.78, 5) is 4.61. The van der Waals surface area contributed by atoms with E-state index < -0.39 is 0 Å². The van der Waals surface area contributed by atoms with Crippen molar-refractivity contribution in [1.29, 1.82) is 0 Å². The Hall–Kier alpha value is -0.940. The van der Waals surface area contributed by atoms with Crippen LogP contribution in [0.25, 0.3) is 0 Å². The maximum absolute atomic E-state index is 5.50. The van der Waals surface area contributed by atoms with E-state index in [1.54, 1.807) is 0 Å². The third-order valence-corrected chi connectivity index (χ3v) is 4.15. The van der Waals surface area contributed by atoms with Crippen LogP contribution in [0.5, 0.6) is 0 Å². The molecular weight excluding hydrogens is 230 g/mol. The first-order chi connectivity index (χ1) is 8.78. The van der Waals surface area contributed by atoms with Gasteiger partial charge in [-0.3, -0.25) is 0 Å². The number of hydrogen-bond acceptors (Lipinski definition) is 5. The number of morpholine rings is 1. The number of hydrogen-bond donors (Lipinski definition) is 1. The Morgan fingerprint density at radius 2 is 2.11 bits per heavy atom. The maximum Gasteiger partial charge on any atom is 0.232 e. The van der Waals surface area contributed by atoms with Gasteiger partial charge in [-0.15, -0.1) is 0 Å². The predicted molar refractivity (Wildman–Crippen MR) is 66.3 cm³/mol. The second-order valence-electron chi connectivity index (χ2n) is 5.66. The summed E-state index contributed by atoms with van der Waals surface area (Å²) in [5, 5.41) is 7.49. The van der Waals surface area contributed by atoms with Crippen LogP contribution in [-0.2, 0) is 10.2 Å². The van der Waals surface area contributed by atoms with Crippen molar-refractivity contribution in [3.05, 3.63) is 11.7 Å². The van der Waals surface area contributed by atoms with Crippen LogP contribution in [0.1, 0.15) is 56.8 Å². The van der Waals surface area contributed by atoms with Crippen LogP contribution >= 0.6 is 0 Å². The molecule has 0 aromatic carbocycles. The number of nitrogens with one attached hydrogen (secondary N) is 1. The van der Waals surface area contributed by atoms with Gasteiger partial charge in [0.25, 0.3) is 0 Å². The summed E-state index contributed by atoms with van der Waals surface area (Å²) < 4.78 is 10.9. The van der Waals surface area contributed by atoms with E-state index in [0.717, 1.165) is 37.7 Å². The van der Waals surface area contributed by atoms with Gasteiger partial charge >= 0.3 is 0 Å². The average Bonchev–Trinajstić information content (AvgIpc) is 2.91. The first-order valence-corrected chi connectivity index (χ1v) is 6.93. The van der Waals surface area contributed by atoms with Crippen LogP contribution in [0, 0.1) is 0 Å². The van der Waals surface area contributed by atoms with Crippen LogP contribution in [0.4, 0.5) is 0 Å². The summed E-state index contributed by atoms with van der Waals surface area (Å²) in [5.41, 5.74) is 0.0824. The molecule has 0 amide bonds. The van der Waals surface area contributed by atoms with Gasteiger partial charge in [-0.2, -0.15) is 4.98 Å².